The molecule has 0 amide bonds. The highest BCUT2D eigenvalue weighted by molar-refractivity contribution is 9.10. The number of nitrogens with one attached hydrogen (secondary N) is 2. The molecule has 26 heavy (non-hydrogen) atoms. The maximum Gasteiger partial charge on any atom is 0.223 e. The first kappa shape index (κ1) is 18.4. The predicted molar refractivity (Wildman–Crippen MR) is 111 cm³/mol. The Morgan fingerprint density at radius 1 is 1.19 bits per heavy atom. The van der Waals surface area contributed by atoms with Gasteiger partial charge in [0.05, 0.1) is 12.8 Å². The first-order valence-electron chi connectivity index (χ1n) is 7.97. The van der Waals surface area contributed by atoms with Crippen molar-refractivity contribution in [3.8, 4) is 5.75 Å². The zero-order chi connectivity index (χ0) is 18.7. The van der Waals surface area contributed by atoms with Crippen molar-refractivity contribution >= 4 is 44.8 Å². The third-order valence-electron chi connectivity index (χ3n) is 3.69. The standard InChI is InChI=1S/C19H19BrN4OS/c1-12-9-15(7-8-17(12)20)23-19(24-18(21)10-13(2)26-24)22-14-5-4-6-16(11-14)25-3/h4-11,21H,1-3H3,(H,22,23). The minimum absolute atomic E-state index is 0.385. The number of ether oxygens (including phenoxy) is 1. The van der Waals surface area contributed by atoms with Gasteiger partial charge in [0.15, 0.2) is 0 Å². The van der Waals surface area contributed by atoms with Crippen LogP contribution in [0.2, 0.25) is 0 Å². The fraction of sp³-hybridized carbons (Fsp3) is 0.158. The maximum absolute atomic E-state index is 8.23. The smallest absolute Gasteiger partial charge is 0.223 e. The number of benzene rings is 2. The van der Waals surface area contributed by atoms with Crippen LogP contribution < -0.4 is 15.5 Å². The van der Waals surface area contributed by atoms with Crippen molar-refractivity contribution in [3.63, 3.8) is 0 Å². The summed E-state index contributed by atoms with van der Waals surface area (Å²) in [6.07, 6.45) is 0. The molecule has 0 aliphatic heterocycles. The Labute approximate surface area is 164 Å². The van der Waals surface area contributed by atoms with Crippen LogP contribution in [-0.2, 0) is 0 Å². The molecule has 0 saturated carbocycles. The van der Waals surface area contributed by atoms with E-state index >= 15 is 0 Å². The number of methoxy groups -OCH3 is 1. The number of aromatic nitrogens is 1. The Kier molecular flexibility index (Phi) is 5.58. The van der Waals surface area contributed by atoms with Crippen LogP contribution in [0.15, 0.2) is 58.0 Å². The van der Waals surface area contributed by atoms with E-state index in [2.05, 4.69) is 21.2 Å². The summed E-state index contributed by atoms with van der Waals surface area (Å²) in [5, 5.41) is 11.5. The summed E-state index contributed by atoms with van der Waals surface area (Å²) in [7, 11) is 1.64. The number of rotatable bonds is 3. The number of anilines is 1. The van der Waals surface area contributed by atoms with Crippen LogP contribution in [0.3, 0.4) is 0 Å². The lowest BCUT2D eigenvalue weighted by Gasteiger charge is -2.12. The molecule has 0 spiro atoms. The lowest BCUT2D eigenvalue weighted by molar-refractivity contribution is 0.415. The zero-order valence-electron chi connectivity index (χ0n) is 14.7. The minimum Gasteiger partial charge on any atom is -0.497 e. The number of hydrogen-bond donors (Lipinski definition) is 2. The highest BCUT2D eigenvalue weighted by Crippen LogP contribution is 2.23. The van der Waals surface area contributed by atoms with Gasteiger partial charge in [0.2, 0.25) is 5.96 Å². The van der Waals surface area contributed by atoms with E-state index < -0.39 is 0 Å². The molecule has 3 aromatic rings. The van der Waals surface area contributed by atoms with Crippen molar-refractivity contribution in [1.29, 1.82) is 5.41 Å². The topological polar surface area (TPSA) is 62.4 Å². The summed E-state index contributed by atoms with van der Waals surface area (Å²) >= 11 is 4.99. The molecule has 1 aromatic heterocycles. The summed E-state index contributed by atoms with van der Waals surface area (Å²) in [6.45, 7) is 4.00. The normalized spacial score (nSPS) is 11.5. The fourth-order valence-electron chi connectivity index (χ4n) is 2.40. The van der Waals surface area contributed by atoms with Gasteiger partial charge in [0, 0.05) is 21.1 Å². The van der Waals surface area contributed by atoms with Gasteiger partial charge in [-0.3, -0.25) is 5.41 Å². The third-order valence-corrected chi connectivity index (χ3v) is 5.54. The fourth-order valence-corrected chi connectivity index (χ4v) is 3.43. The van der Waals surface area contributed by atoms with Crippen molar-refractivity contribution in [2.75, 3.05) is 12.4 Å². The van der Waals surface area contributed by atoms with E-state index in [0.717, 1.165) is 32.0 Å². The Morgan fingerprint density at radius 3 is 2.65 bits per heavy atom. The van der Waals surface area contributed by atoms with Gasteiger partial charge < -0.3 is 10.1 Å². The van der Waals surface area contributed by atoms with E-state index in [1.54, 1.807) is 11.1 Å². The molecule has 0 saturated heterocycles. The van der Waals surface area contributed by atoms with Crippen LogP contribution in [0.25, 0.3) is 0 Å². The molecule has 0 atom stereocenters. The SMILES string of the molecule is COc1cccc(NC(=Nc2ccc(Br)c(C)c2)n2sc(C)cc2=N)c1. The van der Waals surface area contributed by atoms with E-state index in [9.17, 15) is 0 Å². The molecule has 0 bridgehead atoms. The lowest BCUT2D eigenvalue weighted by Crippen LogP contribution is -2.28. The Morgan fingerprint density at radius 2 is 2.00 bits per heavy atom. The van der Waals surface area contributed by atoms with Crippen molar-refractivity contribution in [1.82, 2.24) is 3.96 Å². The van der Waals surface area contributed by atoms with Crippen molar-refractivity contribution < 1.29 is 4.74 Å². The number of hydrogen-bond acceptors (Lipinski definition) is 4. The number of halogens is 1. The lowest BCUT2D eigenvalue weighted by atomic mass is 10.2. The quantitative estimate of drug-likeness (QED) is 0.450. The number of nitrogens with zero attached hydrogens (tertiary/aromatic N) is 2. The van der Waals surface area contributed by atoms with Crippen LogP contribution in [0.1, 0.15) is 10.4 Å². The molecule has 134 valence electrons. The van der Waals surface area contributed by atoms with Gasteiger partial charge >= 0.3 is 0 Å². The molecule has 0 fully saturated rings. The van der Waals surface area contributed by atoms with Crippen LogP contribution in [0.5, 0.6) is 5.75 Å². The molecule has 0 unspecified atom stereocenters. The van der Waals surface area contributed by atoms with Crippen LogP contribution in [0.4, 0.5) is 11.4 Å². The molecule has 0 radical (unpaired) electrons. The highest BCUT2D eigenvalue weighted by atomic mass is 79.9. The zero-order valence-corrected chi connectivity index (χ0v) is 17.1. The van der Waals surface area contributed by atoms with E-state index in [0.29, 0.717) is 11.4 Å². The molecule has 0 aliphatic carbocycles. The van der Waals surface area contributed by atoms with Crippen molar-refractivity contribution in [2.45, 2.75) is 13.8 Å². The van der Waals surface area contributed by atoms with Crippen molar-refractivity contribution in [3.05, 3.63) is 68.9 Å². The summed E-state index contributed by atoms with van der Waals surface area (Å²) < 4.78 is 8.10. The Bertz CT molecular complexity index is 1020. The van der Waals surface area contributed by atoms with Gasteiger partial charge in [-0.05, 0) is 55.8 Å². The van der Waals surface area contributed by atoms with Gasteiger partial charge in [-0.15, -0.1) is 0 Å². The largest absolute Gasteiger partial charge is 0.497 e. The second kappa shape index (κ2) is 7.88. The Hall–Kier alpha value is -2.38. The molecule has 1 heterocycles. The van der Waals surface area contributed by atoms with E-state index in [4.69, 9.17) is 15.1 Å². The average Bonchev–Trinajstić information content (AvgIpc) is 2.96. The van der Waals surface area contributed by atoms with Crippen LogP contribution >= 0.6 is 27.5 Å². The molecular weight excluding hydrogens is 412 g/mol. The second-order valence-corrected chi connectivity index (χ2v) is 7.80. The predicted octanol–water partition coefficient (Wildman–Crippen LogP) is 5.06. The molecule has 0 aliphatic rings. The third kappa shape index (κ3) is 4.23. The van der Waals surface area contributed by atoms with E-state index in [-0.39, 0.29) is 0 Å². The first-order valence-corrected chi connectivity index (χ1v) is 9.54. The molecular formula is C19H19BrN4OS. The van der Waals surface area contributed by atoms with Gasteiger partial charge in [-0.2, -0.15) is 0 Å². The number of aryl methyl sites for hydroxylation is 2. The van der Waals surface area contributed by atoms with Gasteiger partial charge in [-0.25, -0.2) is 8.95 Å². The van der Waals surface area contributed by atoms with Gasteiger partial charge in [0.25, 0.3) is 0 Å². The second-order valence-electron chi connectivity index (χ2n) is 5.75. The van der Waals surface area contributed by atoms with Gasteiger partial charge in [0.1, 0.15) is 11.2 Å². The van der Waals surface area contributed by atoms with Crippen molar-refractivity contribution in [2.24, 2.45) is 4.99 Å². The molecule has 2 aromatic carbocycles. The van der Waals surface area contributed by atoms with Crippen LogP contribution in [0, 0.1) is 19.3 Å². The van der Waals surface area contributed by atoms with E-state index in [1.807, 2.05) is 62.4 Å². The summed E-state index contributed by atoms with van der Waals surface area (Å²) in [6, 6.07) is 15.4. The highest BCUT2D eigenvalue weighted by Gasteiger charge is 2.09. The molecule has 2 N–H and O–H groups in total. The molecule has 5 nitrogen and oxygen atoms in total. The molecule has 3 rings (SSSR count). The number of aliphatic imine (C=N–C) groups is 1. The summed E-state index contributed by atoms with van der Waals surface area (Å²) in [5.74, 6) is 1.33. The van der Waals surface area contributed by atoms with E-state index in [1.165, 1.54) is 11.5 Å². The average molecular weight is 431 g/mol. The summed E-state index contributed by atoms with van der Waals surface area (Å²) in [5.41, 5.74) is 3.14. The maximum atomic E-state index is 8.23. The monoisotopic (exact) mass is 430 g/mol. The minimum atomic E-state index is 0.385. The summed E-state index contributed by atoms with van der Waals surface area (Å²) in [4.78, 5) is 5.80. The first-order chi connectivity index (χ1) is 12.5. The molecule has 7 heteroatoms. The Balaban J connectivity index is 2.06. The van der Waals surface area contributed by atoms with Gasteiger partial charge in [-0.1, -0.05) is 33.5 Å². The van der Waals surface area contributed by atoms with Crippen LogP contribution in [-0.4, -0.2) is 17.0 Å².